The molecular formula is C3H6B6. The summed E-state index contributed by atoms with van der Waals surface area (Å²) in [5, 5.41) is -0.200. The largest absolute Gasteiger partial charge is 0.107 e. The number of hydrogen-bond donors (Lipinski definition) is 0. The summed E-state index contributed by atoms with van der Waals surface area (Å²) in [5.74, 6) is 0. The third kappa shape index (κ3) is 2.64. The molecular weight excluding hydrogens is 101 g/mol. The average Bonchev–Trinajstić information content (AvgIpc) is 1.86. The zero-order valence-corrected chi connectivity index (χ0v) is 5.96. The highest BCUT2D eigenvalue weighted by atomic mass is 13.9. The Hall–Kier alpha value is 0.390. The second-order valence-corrected chi connectivity index (χ2v) is 2.71. The molecule has 0 N–H and O–H groups in total. The molecule has 0 aromatic heterocycles. The lowest BCUT2D eigenvalue weighted by atomic mass is 8.94. The van der Waals surface area contributed by atoms with E-state index in [2.05, 4.69) is 0 Å². The van der Waals surface area contributed by atoms with Crippen molar-refractivity contribution in [1.82, 2.24) is 0 Å². The Morgan fingerprint density at radius 2 is 1.78 bits per heavy atom. The molecule has 0 atom stereocenters. The smallest absolute Gasteiger partial charge is 0.0507 e. The van der Waals surface area contributed by atoms with Gasteiger partial charge in [0, 0.05) is 36.8 Å². The predicted octanol–water partition coefficient (Wildman–Crippen LogP) is -1.04. The molecule has 0 fully saturated rings. The summed E-state index contributed by atoms with van der Waals surface area (Å²) in [7, 11) is 19.1. The predicted molar refractivity (Wildman–Crippen MR) is 48.6 cm³/mol. The minimum absolute atomic E-state index is 0.164. The summed E-state index contributed by atoms with van der Waals surface area (Å²) in [6, 6.07) is 0. The third-order valence-electron chi connectivity index (χ3n) is 1.50. The van der Waals surface area contributed by atoms with E-state index in [9.17, 15) is 0 Å². The average molecular weight is 107 g/mol. The van der Waals surface area contributed by atoms with Gasteiger partial charge in [0.05, 0.1) is 7.17 Å². The van der Waals surface area contributed by atoms with E-state index in [1.54, 1.807) is 7.17 Å². The highest BCUT2D eigenvalue weighted by molar-refractivity contribution is 7.49. The van der Waals surface area contributed by atoms with Crippen LogP contribution in [0.25, 0.3) is 0 Å². The maximum atomic E-state index is 5.57. The van der Waals surface area contributed by atoms with E-state index in [0.29, 0.717) is 0 Å². The van der Waals surface area contributed by atoms with Crippen molar-refractivity contribution in [2.24, 2.45) is 0 Å². The lowest BCUT2D eigenvalue weighted by Gasteiger charge is -2.28. The van der Waals surface area contributed by atoms with Crippen LogP contribution in [-0.4, -0.2) is 43.9 Å². The number of rotatable bonds is 3. The van der Waals surface area contributed by atoms with E-state index in [1.165, 1.54) is 7.06 Å². The molecule has 8 radical (unpaired) electrons. The Morgan fingerprint density at radius 3 is 1.89 bits per heavy atom. The maximum Gasteiger partial charge on any atom is 0.0507 e. The molecule has 0 nitrogen and oxygen atoms in total. The first kappa shape index (κ1) is 9.39. The van der Waals surface area contributed by atoms with Crippen molar-refractivity contribution < 1.29 is 0 Å². The topological polar surface area (TPSA) is 0 Å². The molecule has 0 aliphatic rings. The van der Waals surface area contributed by atoms with Gasteiger partial charge in [0.1, 0.15) is 0 Å². The summed E-state index contributed by atoms with van der Waals surface area (Å²) in [5.41, 5.74) is 0. The lowest BCUT2D eigenvalue weighted by Crippen LogP contribution is -2.39. The summed E-state index contributed by atoms with van der Waals surface area (Å²) >= 11 is 0. The van der Waals surface area contributed by atoms with Crippen LogP contribution in [0.3, 0.4) is 0 Å². The molecule has 6 heteroatoms. The Kier molecular flexibility index (Phi) is 3.68. The van der Waals surface area contributed by atoms with Gasteiger partial charge in [0.2, 0.25) is 0 Å². The first-order chi connectivity index (χ1) is 4.04. The lowest BCUT2D eigenvalue weighted by molar-refractivity contribution is 0.956. The van der Waals surface area contributed by atoms with Gasteiger partial charge in [-0.2, -0.15) is 0 Å². The molecule has 0 saturated carbocycles. The van der Waals surface area contributed by atoms with Gasteiger partial charge >= 0.3 is 0 Å². The van der Waals surface area contributed by atoms with Crippen molar-refractivity contribution >= 4 is 43.9 Å². The summed E-state index contributed by atoms with van der Waals surface area (Å²) in [4.78, 5) is 0. The zero-order valence-electron chi connectivity index (χ0n) is 5.96. The van der Waals surface area contributed by atoms with Crippen molar-refractivity contribution in [3.63, 3.8) is 0 Å². The molecule has 9 heavy (non-hydrogen) atoms. The fourth-order valence-electron chi connectivity index (χ4n) is 0.359. The summed E-state index contributed by atoms with van der Waals surface area (Å²) in [6.45, 7) is 3.70. The molecule has 0 aromatic carbocycles. The Morgan fingerprint density at radius 1 is 1.33 bits per heavy atom. The van der Waals surface area contributed by atoms with Crippen molar-refractivity contribution in [2.45, 2.75) is 19.1 Å². The first-order valence-electron chi connectivity index (χ1n) is 2.91. The van der Waals surface area contributed by atoms with Gasteiger partial charge < -0.3 is 0 Å². The van der Waals surface area contributed by atoms with Crippen LogP contribution in [-0.2, 0) is 0 Å². The Bertz CT molecular complexity index is 80.4. The van der Waals surface area contributed by atoms with Crippen LogP contribution in [0.2, 0.25) is 5.21 Å². The maximum absolute atomic E-state index is 5.57. The Balaban J connectivity index is 3.80. The third-order valence-corrected chi connectivity index (χ3v) is 1.50. The van der Waals surface area contributed by atoms with Gasteiger partial charge in [-0.1, -0.05) is 13.8 Å². The van der Waals surface area contributed by atoms with Gasteiger partial charge in [-0.15, -0.1) is 5.21 Å². The normalized spacial score (nSPS) is 10.4. The van der Waals surface area contributed by atoms with E-state index in [-0.39, 0.29) is 11.7 Å². The zero-order chi connectivity index (χ0) is 7.49. The molecule has 0 heterocycles. The van der Waals surface area contributed by atoms with Crippen LogP contribution < -0.4 is 0 Å². The second-order valence-electron chi connectivity index (χ2n) is 2.71. The molecule has 0 aliphatic heterocycles. The molecule has 0 bridgehead atoms. The SMILES string of the molecule is [B][B]B([B])C(C)(C)[B][B]. The van der Waals surface area contributed by atoms with Crippen LogP contribution in [0.5, 0.6) is 0 Å². The quantitative estimate of drug-likeness (QED) is 0.404. The van der Waals surface area contributed by atoms with Crippen LogP contribution >= 0.6 is 0 Å². The number of hydrogen-bond acceptors (Lipinski definition) is 0. The molecule has 0 rings (SSSR count). The van der Waals surface area contributed by atoms with E-state index < -0.39 is 0 Å². The van der Waals surface area contributed by atoms with Gasteiger partial charge in [-0.3, -0.25) is 0 Å². The molecule has 0 unspecified atom stereocenters. The van der Waals surface area contributed by atoms with Gasteiger partial charge in [0.15, 0.2) is 0 Å². The standard InChI is InChI=1S/C3H6B6/c1-3(2,7-4)9(6)8-5/h1-2H3. The molecule has 36 valence electrons. The van der Waals surface area contributed by atoms with E-state index in [1.807, 2.05) is 13.8 Å². The van der Waals surface area contributed by atoms with Crippen molar-refractivity contribution in [3.05, 3.63) is 0 Å². The molecule has 0 saturated heterocycles. The highest BCUT2D eigenvalue weighted by Crippen LogP contribution is 2.21. The van der Waals surface area contributed by atoms with Crippen molar-refractivity contribution in [3.8, 4) is 0 Å². The summed E-state index contributed by atoms with van der Waals surface area (Å²) < 4.78 is 0. The van der Waals surface area contributed by atoms with Crippen LogP contribution in [0.4, 0.5) is 0 Å². The fourth-order valence-corrected chi connectivity index (χ4v) is 0.359. The first-order valence-corrected chi connectivity index (χ1v) is 2.91. The van der Waals surface area contributed by atoms with Crippen LogP contribution in [0.15, 0.2) is 0 Å². The minimum Gasteiger partial charge on any atom is -0.107 e. The molecule has 0 aromatic rings. The van der Waals surface area contributed by atoms with Crippen molar-refractivity contribution in [2.75, 3.05) is 0 Å². The van der Waals surface area contributed by atoms with E-state index in [0.717, 1.165) is 0 Å². The van der Waals surface area contributed by atoms with Crippen molar-refractivity contribution in [1.29, 1.82) is 0 Å². The minimum atomic E-state index is -0.200. The van der Waals surface area contributed by atoms with Crippen LogP contribution in [0.1, 0.15) is 13.8 Å². The van der Waals surface area contributed by atoms with E-state index >= 15 is 0 Å². The fraction of sp³-hybridized carbons (Fsp3) is 1.00. The van der Waals surface area contributed by atoms with Gasteiger partial charge in [-0.25, -0.2) is 0 Å². The molecule has 0 spiro atoms. The van der Waals surface area contributed by atoms with E-state index in [4.69, 9.17) is 23.2 Å². The highest BCUT2D eigenvalue weighted by Gasteiger charge is 2.22. The Labute approximate surface area is 63.7 Å². The molecule has 0 amide bonds. The van der Waals surface area contributed by atoms with Gasteiger partial charge in [0.25, 0.3) is 0 Å². The second kappa shape index (κ2) is 3.53. The monoisotopic (exact) mass is 108 g/mol. The summed E-state index contributed by atoms with van der Waals surface area (Å²) in [6.07, 6.45) is 0. The van der Waals surface area contributed by atoms with Crippen LogP contribution in [0, 0.1) is 0 Å². The molecule has 0 aliphatic carbocycles. The van der Waals surface area contributed by atoms with Gasteiger partial charge in [-0.05, 0) is 0 Å².